The molecule has 0 radical (unpaired) electrons. The van der Waals surface area contributed by atoms with E-state index in [1.54, 1.807) is 5.01 Å². The molecule has 1 heterocycles. The molecular formula is C7H15N3O. The summed E-state index contributed by atoms with van der Waals surface area (Å²) in [5.41, 5.74) is 5.39. The van der Waals surface area contributed by atoms with Crippen molar-refractivity contribution in [2.45, 2.75) is 13.3 Å². The molecule has 11 heavy (non-hydrogen) atoms. The molecule has 1 aliphatic heterocycles. The van der Waals surface area contributed by atoms with Gasteiger partial charge in [0.2, 0.25) is 5.91 Å². The first kappa shape index (κ1) is 8.49. The van der Waals surface area contributed by atoms with Crippen molar-refractivity contribution in [1.29, 1.82) is 0 Å². The van der Waals surface area contributed by atoms with Gasteiger partial charge in [-0.1, -0.05) is 0 Å². The van der Waals surface area contributed by atoms with E-state index < -0.39 is 0 Å². The standard InChI is InChI=1S/C7H15N3O/c1-2-10-7(11)3-5-9(10)6-4-8/h2-6,8H2,1H3. The van der Waals surface area contributed by atoms with E-state index in [1.807, 2.05) is 11.9 Å². The van der Waals surface area contributed by atoms with Crippen LogP contribution in [0.5, 0.6) is 0 Å². The van der Waals surface area contributed by atoms with Gasteiger partial charge in [0.05, 0.1) is 0 Å². The van der Waals surface area contributed by atoms with Gasteiger partial charge in [-0.2, -0.15) is 0 Å². The molecule has 1 rings (SSSR count). The van der Waals surface area contributed by atoms with Gasteiger partial charge >= 0.3 is 0 Å². The fourth-order valence-electron chi connectivity index (χ4n) is 1.39. The zero-order valence-corrected chi connectivity index (χ0v) is 6.92. The number of hydrogen-bond acceptors (Lipinski definition) is 3. The van der Waals surface area contributed by atoms with E-state index in [-0.39, 0.29) is 5.91 Å². The summed E-state index contributed by atoms with van der Waals surface area (Å²) in [6, 6.07) is 0. The van der Waals surface area contributed by atoms with Crippen LogP contribution >= 0.6 is 0 Å². The van der Waals surface area contributed by atoms with Crippen molar-refractivity contribution in [1.82, 2.24) is 10.0 Å². The van der Waals surface area contributed by atoms with Crippen LogP contribution in [0.1, 0.15) is 13.3 Å². The number of rotatable bonds is 3. The molecule has 1 fully saturated rings. The SMILES string of the molecule is CCN1C(=O)CCN1CCN. The average Bonchev–Trinajstić information content (AvgIpc) is 2.33. The molecule has 0 aromatic rings. The van der Waals surface area contributed by atoms with Crippen molar-refractivity contribution >= 4 is 5.91 Å². The Kier molecular flexibility index (Phi) is 2.84. The molecule has 0 aliphatic carbocycles. The number of carbonyl (C=O) groups excluding carboxylic acids is 1. The van der Waals surface area contributed by atoms with Gasteiger partial charge in [0.25, 0.3) is 0 Å². The van der Waals surface area contributed by atoms with Crippen molar-refractivity contribution in [3.8, 4) is 0 Å². The molecular weight excluding hydrogens is 142 g/mol. The zero-order chi connectivity index (χ0) is 8.27. The van der Waals surface area contributed by atoms with Crippen molar-refractivity contribution in [2.75, 3.05) is 26.2 Å². The summed E-state index contributed by atoms with van der Waals surface area (Å²) >= 11 is 0. The molecule has 4 nitrogen and oxygen atoms in total. The number of nitrogens with two attached hydrogens (primary N) is 1. The minimum absolute atomic E-state index is 0.223. The van der Waals surface area contributed by atoms with Crippen molar-refractivity contribution in [2.24, 2.45) is 5.73 Å². The zero-order valence-electron chi connectivity index (χ0n) is 6.92. The number of carbonyl (C=O) groups is 1. The highest BCUT2D eigenvalue weighted by Gasteiger charge is 2.26. The lowest BCUT2D eigenvalue weighted by molar-refractivity contribution is -0.137. The van der Waals surface area contributed by atoms with Gasteiger partial charge in [-0.05, 0) is 6.92 Å². The topological polar surface area (TPSA) is 49.6 Å². The maximum absolute atomic E-state index is 11.1. The Morgan fingerprint density at radius 1 is 1.64 bits per heavy atom. The smallest absolute Gasteiger partial charge is 0.238 e. The van der Waals surface area contributed by atoms with E-state index in [0.717, 1.165) is 19.6 Å². The third kappa shape index (κ3) is 1.70. The Hall–Kier alpha value is -0.610. The third-order valence-electron chi connectivity index (χ3n) is 1.90. The van der Waals surface area contributed by atoms with E-state index in [0.29, 0.717) is 13.0 Å². The van der Waals surface area contributed by atoms with Crippen LogP contribution in [0.2, 0.25) is 0 Å². The highest BCUT2D eigenvalue weighted by molar-refractivity contribution is 5.77. The Morgan fingerprint density at radius 2 is 2.36 bits per heavy atom. The van der Waals surface area contributed by atoms with E-state index in [1.165, 1.54) is 0 Å². The predicted molar refractivity (Wildman–Crippen MR) is 42.6 cm³/mol. The Morgan fingerprint density at radius 3 is 2.91 bits per heavy atom. The second kappa shape index (κ2) is 3.69. The largest absolute Gasteiger partial charge is 0.329 e. The van der Waals surface area contributed by atoms with Crippen LogP contribution in [0.4, 0.5) is 0 Å². The summed E-state index contributed by atoms with van der Waals surface area (Å²) in [5.74, 6) is 0.223. The van der Waals surface area contributed by atoms with Crippen molar-refractivity contribution in [3.05, 3.63) is 0 Å². The van der Waals surface area contributed by atoms with Gasteiger partial charge in [0, 0.05) is 32.6 Å². The normalized spacial score (nSPS) is 19.8. The van der Waals surface area contributed by atoms with E-state index in [9.17, 15) is 4.79 Å². The minimum atomic E-state index is 0.223. The lowest BCUT2D eigenvalue weighted by Crippen LogP contribution is -2.41. The quantitative estimate of drug-likeness (QED) is 0.596. The molecule has 0 atom stereocenters. The summed E-state index contributed by atoms with van der Waals surface area (Å²) in [6.45, 7) is 4.98. The van der Waals surface area contributed by atoms with Gasteiger partial charge in [-0.3, -0.25) is 9.80 Å². The summed E-state index contributed by atoms with van der Waals surface area (Å²) in [6.07, 6.45) is 0.647. The average molecular weight is 157 g/mol. The van der Waals surface area contributed by atoms with Gasteiger partial charge < -0.3 is 5.73 Å². The second-order valence-corrected chi connectivity index (χ2v) is 2.60. The molecule has 1 aliphatic rings. The summed E-state index contributed by atoms with van der Waals surface area (Å²) in [7, 11) is 0. The van der Waals surface area contributed by atoms with Crippen LogP contribution < -0.4 is 5.73 Å². The predicted octanol–water partition coefficient (Wildman–Crippen LogP) is -0.586. The summed E-state index contributed by atoms with van der Waals surface area (Å²) in [4.78, 5) is 11.1. The fourth-order valence-corrected chi connectivity index (χ4v) is 1.39. The number of nitrogens with zero attached hydrogens (tertiary/aromatic N) is 2. The number of amides is 1. The lowest BCUT2D eigenvalue weighted by Gasteiger charge is -2.25. The molecule has 0 aromatic carbocycles. The monoisotopic (exact) mass is 157 g/mol. The molecule has 0 spiro atoms. The van der Waals surface area contributed by atoms with Crippen LogP contribution in [-0.2, 0) is 4.79 Å². The minimum Gasteiger partial charge on any atom is -0.329 e. The molecule has 0 unspecified atom stereocenters. The highest BCUT2D eigenvalue weighted by atomic mass is 16.2. The van der Waals surface area contributed by atoms with E-state index in [2.05, 4.69) is 0 Å². The van der Waals surface area contributed by atoms with Gasteiger partial charge in [-0.25, -0.2) is 5.01 Å². The molecule has 1 amide bonds. The van der Waals surface area contributed by atoms with Crippen molar-refractivity contribution in [3.63, 3.8) is 0 Å². The van der Waals surface area contributed by atoms with E-state index in [4.69, 9.17) is 5.73 Å². The molecule has 0 saturated carbocycles. The van der Waals surface area contributed by atoms with Gasteiger partial charge in [-0.15, -0.1) is 0 Å². The van der Waals surface area contributed by atoms with E-state index >= 15 is 0 Å². The van der Waals surface area contributed by atoms with Gasteiger partial charge in [0.1, 0.15) is 0 Å². The first-order chi connectivity index (χ1) is 5.29. The van der Waals surface area contributed by atoms with Crippen LogP contribution in [0, 0.1) is 0 Å². The molecule has 4 heteroatoms. The molecule has 1 saturated heterocycles. The van der Waals surface area contributed by atoms with Gasteiger partial charge in [0.15, 0.2) is 0 Å². The number of hydrazine groups is 1. The van der Waals surface area contributed by atoms with Crippen LogP contribution in [0.3, 0.4) is 0 Å². The Labute approximate surface area is 66.9 Å². The highest BCUT2D eigenvalue weighted by Crippen LogP contribution is 2.09. The summed E-state index contributed by atoms with van der Waals surface area (Å²) in [5, 5.41) is 3.79. The first-order valence-corrected chi connectivity index (χ1v) is 4.05. The first-order valence-electron chi connectivity index (χ1n) is 4.05. The number of hydrogen-bond donors (Lipinski definition) is 1. The maximum atomic E-state index is 11.1. The summed E-state index contributed by atoms with van der Waals surface area (Å²) < 4.78 is 0. The van der Waals surface area contributed by atoms with Crippen LogP contribution in [0.15, 0.2) is 0 Å². The van der Waals surface area contributed by atoms with Crippen LogP contribution in [-0.4, -0.2) is 42.1 Å². The third-order valence-corrected chi connectivity index (χ3v) is 1.90. The maximum Gasteiger partial charge on any atom is 0.238 e. The molecule has 0 aromatic heterocycles. The molecule has 64 valence electrons. The lowest BCUT2D eigenvalue weighted by atomic mass is 10.4. The second-order valence-electron chi connectivity index (χ2n) is 2.60. The Bertz CT molecular complexity index is 149. The molecule has 2 N–H and O–H groups in total. The van der Waals surface area contributed by atoms with Crippen LogP contribution in [0.25, 0.3) is 0 Å². The Balaban J connectivity index is 2.47. The van der Waals surface area contributed by atoms with Crippen molar-refractivity contribution < 1.29 is 4.79 Å². The fraction of sp³-hybridized carbons (Fsp3) is 0.857. The molecule has 0 bridgehead atoms.